The Labute approximate surface area is 160 Å². The molecule has 0 aliphatic rings. The van der Waals surface area contributed by atoms with E-state index in [9.17, 15) is 4.79 Å². The van der Waals surface area contributed by atoms with Crippen molar-refractivity contribution in [2.75, 3.05) is 0 Å². The fourth-order valence-corrected chi connectivity index (χ4v) is 3.01. The highest BCUT2D eigenvalue weighted by atomic mass is 16.5. The van der Waals surface area contributed by atoms with Crippen LogP contribution in [0.3, 0.4) is 0 Å². The van der Waals surface area contributed by atoms with Gasteiger partial charge in [-0.25, -0.2) is 4.68 Å². The molecule has 1 aromatic heterocycles. The highest BCUT2D eigenvalue weighted by Crippen LogP contribution is 2.26. The zero-order valence-electron chi connectivity index (χ0n) is 16.4. The molecule has 0 atom stereocenters. The molecule has 0 amide bonds. The van der Waals surface area contributed by atoms with Gasteiger partial charge in [-0.15, -0.1) is 0 Å². The summed E-state index contributed by atoms with van der Waals surface area (Å²) in [5.41, 5.74) is 5.24. The molecule has 0 N–H and O–H groups in total. The molecule has 2 aromatic carbocycles. The smallest absolute Gasteiger partial charge is 0.312 e. The summed E-state index contributed by atoms with van der Waals surface area (Å²) >= 11 is 0. The van der Waals surface area contributed by atoms with Crippen LogP contribution in [0.5, 0.6) is 5.88 Å². The van der Waals surface area contributed by atoms with Crippen molar-refractivity contribution in [1.29, 1.82) is 0 Å². The van der Waals surface area contributed by atoms with E-state index in [2.05, 4.69) is 31.9 Å². The summed E-state index contributed by atoms with van der Waals surface area (Å²) in [6.45, 7) is 8.26. The van der Waals surface area contributed by atoms with Gasteiger partial charge in [-0.1, -0.05) is 61.9 Å². The SMILES string of the molecule is Cc1ccc(-n2nc(C(C)C)cc2OC(=O)CCc2ccccc2)c(C)c1. The molecule has 0 saturated carbocycles. The molecule has 0 fully saturated rings. The Morgan fingerprint density at radius 2 is 1.81 bits per heavy atom. The van der Waals surface area contributed by atoms with Gasteiger partial charge in [0.05, 0.1) is 17.8 Å². The van der Waals surface area contributed by atoms with Crippen LogP contribution in [-0.4, -0.2) is 15.7 Å². The molecule has 4 nitrogen and oxygen atoms in total. The molecule has 4 heteroatoms. The number of aromatic nitrogens is 2. The first-order valence-corrected chi connectivity index (χ1v) is 9.36. The van der Waals surface area contributed by atoms with Gasteiger partial charge in [-0.2, -0.15) is 5.10 Å². The van der Waals surface area contributed by atoms with Crippen LogP contribution in [0.15, 0.2) is 54.6 Å². The molecule has 0 aliphatic carbocycles. The maximum absolute atomic E-state index is 12.4. The van der Waals surface area contributed by atoms with Gasteiger partial charge in [0.15, 0.2) is 0 Å². The topological polar surface area (TPSA) is 44.1 Å². The predicted molar refractivity (Wildman–Crippen MR) is 108 cm³/mol. The van der Waals surface area contributed by atoms with Gasteiger partial charge in [0.1, 0.15) is 0 Å². The number of rotatable bonds is 6. The minimum Gasteiger partial charge on any atom is -0.407 e. The second kappa shape index (κ2) is 8.21. The summed E-state index contributed by atoms with van der Waals surface area (Å²) in [7, 11) is 0. The van der Waals surface area contributed by atoms with Gasteiger partial charge >= 0.3 is 5.97 Å². The van der Waals surface area contributed by atoms with E-state index in [1.54, 1.807) is 4.68 Å². The van der Waals surface area contributed by atoms with E-state index in [0.29, 0.717) is 18.7 Å². The molecule has 0 radical (unpaired) electrons. The summed E-state index contributed by atoms with van der Waals surface area (Å²) < 4.78 is 7.44. The molecule has 140 valence electrons. The van der Waals surface area contributed by atoms with Crippen LogP contribution in [0, 0.1) is 13.8 Å². The third kappa shape index (κ3) is 4.64. The lowest BCUT2D eigenvalue weighted by atomic mass is 10.1. The number of esters is 1. The van der Waals surface area contributed by atoms with Crippen molar-refractivity contribution in [3.63, 3.8) is 0 Å². The van der Waals surface area contributed by atoms with Crippen LogP contribution in [0.4, 0.5) is 0 Å². The van der Waals surface area contributed by atoms with Crippen molar-refractivity contribution in [1.82, 2.24) is 9.78 Å². The average molecular weight is 362 g/mol. The normalized spacial score (nSPS) is 11.0. The lowest BCUT2D eigenvalue weighted by Crippen LogP contribution is -2.12. The summed E-state index contributed by atoms with van der Waals surface area (Å²) in [4.78, 5) is 12.4. The van der Waals surface area contributed by atoms with Crippen molar-refractivity contribution < 1.29 is 9.53 Å². The summed E-state index contributed by atoms with van der Waals surface area (Å²) in [6.07, 6.45) is 0.994. The fraction of sp³-hybridized carbons (Fsp3) is 0.304. The molecular formula is C23H26N2O2. The van der Waals surface area contributed by atoms with Gasteiger partial charge in [-0.3, -0.25) is 4.79 Å². The number of hydrogen-bond donors (Lipinski definition) is 0. The Balaban J connectivity index is 1.82. The van der Waals surface area contributed by atoms with Gasteiger partial charge in [0.25, 0.3) is 0 Å². The minimum atomic E-state index is -0.250. The molecule has 0 aliphatic heterocycles. The van der Waals surface area contributed by atoms with Gasteiger partial charge in [0.2, 0.25) is 5.88 Å². The van der Waals surface area contributed by atoms with Crippen LogP contribution < -0.4 is 4.74 Å². The largest absolute Gasteiger partial charge is 0.407 e. The molecule has 3 rings (SSSR count). The number of benzene rings is 2. The van der Waals surface area contributed by atoms with Crippen LogP contribution >= 0.6 is 0 Å². The molecule has 0 spiro atoms. The Bertz CT molecular complexity index is 927. The summed E-state index contributed by atoms with van der Waals surface area (Å²) in [6, 6.07) is 18.0. The number of nitrogens with zero attached hydrogens (tertiary/aromatic N) is 2. The summed E-state index contributed by atoms with van der Waals surface area (Å²) in [5, 5.41) is 4.68. The predicted octanol–water partition coefficient (Wildman–Crippen LogP) is 5.15. The number of carbonyl (C=O) groups excluding carboxylic acids is 1. The standard InChI is InChI=1S/C23H26N2O2/c1-16(2)20-15-22(25(24-20)21-12-10-17(3)14-18(21)4)27-23(26)13-11-19-8-6-5-7-9-19/h5-10,12,14-16H,11,13H2,1-4H3. The number of hydrogen-bond acceptors (Lipinski definition) is 3. The molecule has 1 heterocycles. The molecule has 3 aromatic rings. The average Bonchev–Trinajstić information content (AvgIpc) is 3.05. The first-order valence-electron chi connectivity index (χ1n) is 9.36. The van der Waals surface area contributed by atoms with Crippen molar-refractivity contribution in [2.45, 2.75) is 46.5 Å². The number of carbonyl (C=O) groups is 1. The second-order valence-corrected chi connectivity index (χ2v) is 7.22. The van der Waals surface area contributed by atoms with E-state index in [1.807, 2.05) is 55.5 Å². The van der Waals surface area contributed by atoms with Crippen LogP contribution in [0.2, 0.25) is 0 Å². The molecule has 0 unspecified atom stereocenters. The van der Waals surface area contributed by atoms with Gasteiger partial charge in [0, 0.05) is 6.07 Å². The van der Waals surface area contributed by atoms with Gasteiger partial charge in [-0.05, 0) is 43.4 Å². The second-order valence-electron chi connectivity index (χ2n) is 7.22. The maximum atomic E-state index is 12.4. The lowest BCUT2D eigenvalue weighted by Gasteiger charge is -2.11. The van der Waals surface area contributed by atoms with E-state index < -0.39 is 0 Å². The first kappa shape index (κ1) is 18.9. The minimum absolute atomic E-state index is 0.249. The van der Waals surface area contributed by atoms with Crippen molar-refractivity contribution in [2.24, 2.45) is 0 Å². The van der Waals surface area contributed by atoms with E-state index in [0.717, 1.165) is 22.5 Å². The van der Waals surface area contributed by atoms with Crippen LogP contribution in [0.1, 0.15) is 48.6 Å². The van der Waals surface area contributed by atoms with Gasteiger partial charge < -0.3 is 4.74 Å². The quantitative estimate of drug-likeness (QED) is 0.570. The van der Waals surface area contributed by atoms with Crippen molar-refractivity contribution in [3.8, 4) is 11.6 Å². The van der Waals surface area contributed by atoms with Crippen LogP contribution in [-0.2, 0) is 11.2 Å². The zero-order chi connectivity index (χ0) is 19.4. The van der Waals surface area contributed by atoms with Crippen molar-refractivity contribution in [3.05, 3.63) is 77.0 Å². The van der Waals surface area contributed by atoms with Crippen molar-refractivity contribution >= 4 is 5.97 Å². The van der Waals surface area contributed by atoms with Crippen LogP contribution in [0.25, 0.3) is 5.69 Å². The Hall–Kier alpha value is -2.88. The highest BCUT2D eigenvalue weighted by molar-refractivity contribution is 5.72. The Morgan fingerprint density at radius 1 is 1.07 bits per heavy atom. The highest BCUT2D eigenvalue weighted by Gasteiger charge is 2.17. The Morgan fingerprint density at radius 3 is 2.48 bits per heavy atom. The summed E-state index contributed by atoms with van der Waals surface area (Å²) in [5.74, 6) is 0.475. The number of aryl methyl sites for hydroxylation is 3. The van der Waals surface area contributed by atoms with E-state index >= 15 is 0 Å². The Kier molecular flexibility index (Phi) is 5.75. The van der Waals surface area contributed by atoms with E-state index in [-0.39, 0.29) is 11.9 Å². The molecule has 27 heavy (non-hydrogen) atoms. The molecule has 0 bridgehead atoms. The third-order valence-corrected chi connectivity index (χ3v) is 4.55. The zero-order valence-corrected chi connectivity index (χ0v) is 16.4. The maximum Gasteiger partial charge on any atom is 0.312 e. The monoisotopic (exact) mass is 362 g/mol. The molecular weight excluding hydrogens is 336 g/mol. The molecule has 0 saturated heterocycles. The van der Waals surface area contributed by atoms with E-state index in [4.69, 9.17) is 4.74 Å². The number of ether oxygens (including phenoxy) is 1. The lowest BCUT2D eigenvalue weighted by molar-refractivity contribution is -0.134. The fourth-order valence-electron chi connectivity index (χ4n) is 3.01. The third-order valence-electron chi connectivity index (χ3n) is 4.55. The first-order chi connectivity index (χ1) is 12.9. The van der Waals surface area contributed by atoms with E-state index in [1.165, 1.54) is 5.56 Å².